The zero-order chi connectivity index (χ0) is 18.1. The van der Waals surface area contributed by atoms with Crippen molar-refractivity contribution >= 4 is 23.6 Å². The van der Waals surface area contributed by atoms with E-state index in [4.69, 9.17) is 4.74 Å². The molecule has 0 aliphatic rings. The van der Waals surface area contributed by atoms with Gasteiger partial charge in [-0.1, -0.05) is 30.3 Å². The fraction of sp³-hybridized carbons (Fsp3) is 0.263. The first-order valence-corrected chi connectivity index (χ1v) is 9.25. The Bertz CT molecular complexity index is 692. The Morgan fingerprint density at radius 3 is 2.44 bits per heavy atom. The molecule has 2 aromatic rings. The Labute approximate surface area is 150 Å². The van der Waals surface area contributed by atoms with Crippen LogP contribution in [0.5, 0.6) is 0 Å². The van der Waals surface area contributed by atoms with Crippen LogP contribution in [0.4, 0.5) is 4.39 Å². The lowest BCUT2D eigenvalue weighted by atomic mass is 10.1. The fourth-order valence-corrected chi connectivity index (χ4v) is 2.62. The minimum atomic E-state index is -0.722. The molecule has 0 heterocycles. The van der Waals surface area contributed by atoms with Gasteiger partial charge in [-0.15, -0.1) is 0 Å². The van der Waals surface area contributed by atoms with E-state index in [0.29, 0.717) is 23.3 Å². The molecule has 132 valence electrons. The lowest BCUT2D eigenvalue weighted by molar-refractivity contribution is -0.147. The second-order valence-electron chi connectivity index (χ2n) is 5.41. The van der Waals surface area contributed by atoms with Crippen molar-refractivity contribution in [2.75, 3.05) is 12.0 Å². The monoisotopic (exact) mass is 361 g/mol. The summed E-state index contributed by atoms with van der Waals surface area (Å²) in [6.45, 7) is 0.0378. The van der Waals surface area contributed by atoms with Gasteiger partial charge in [-0.2, -0.15) is 11.8 Å². The summed E-state index contributed by atoms with van der Waals surface area (Å²) in [6.07, 6.45) is 2.40. The molecule has 0 spiro atoms. The number of amides is 1. The molecule has 0 radical (unpaired) electrons. The molecule has 1 N–H and O–H groups in total. The van der Waals surface area contributed by atoms with Crippen molar-refractivity contribution in [1.29, 1.82) is 0 Å². The predicted molar refractivity (Wildman–Crippen MR) is 96.9 cm³/mol. The van der Waals surface area contributed by atoms with Gasteiger partial charge < -0.3 is 10.1 Å². The summed E-state index contributed by atoms with van der Waals surface area (Å²) in [5.74, 6) is -0.443. The highest BCUT2D eigenvalue weighted by Gasteiger charge is 2.22. The summed E-state index contributed by atoms with van der Waals surface area (Å²) in [5, 5.41) is 2.73. The Kier molecular flexibility index (Phi) is 7.47. The van der Waals surface area contributed by atoms with Crippen LogP contribution < -0.4 is 5.32 Å². The number of hydrogen-bond donors (Lipinski definition) is 1. The van der Waals surface area contributed by atoms with Gasteiger partial charge >= 0.3 is 5.97 Å². The zero-order valence-corrected chi connectivity index (χ0v) is 14.7. The number of thioether (sulfide) groups is 1. The molecular weight excluding hydrogens is 341 g/mol. The molecule has 0 bridgehead atoms. The van der Waals surface area contributed by atoms with Gasteiger partial charge in [0, 0.05) is 5.56 Å². The largest absolute Gasteiger partial charge is 0.459 e. The van der Waals surface area contributed by atoms with Gasteiger partial charge in [0.1, 0.15) is 18.5 Å². The van der Waals surface area contributed by atoms with Crippen molar-refractivity contribution in [3.8, 4) is 0 Å². The Morgan fingerprint density at radius 2 is 1.80 bits per heavy atom. The summed E-state index contributed by atoms with van der Waals surface area (Å²) >= 11 is 1.59. The van der Waals surface area contributed by atoms with E-state index >= 15 is 0 Å². The van der Waals surface area contributed by atoms with Crippen molar-refractivity contribution in [2.24, 2.45) is 0 Å². The normalized spacial score (nSPS) is 11.6. The van der Waals surface area contributed by atoms with Crippen LogP contribution >= 0.6 is 11.8 Å². The number of esters is 1. The van der Waals surface area contributed by atoms with Crippen LogP contribution in [0.1, 0.15) is 22.3 Å². The molecule has 0 aromatic heterocycles. The molecule has 0 aliphatic carbocycles. The van der Waals surface area contributed by atoms with Gasteiger partial charge in [0.05, 0.1) is 0 Å². The number of carbonyl (C=O) groups is 2. The van der Waals surface area contributed by atoms with E-state index < -0.39 is 12.0 Å². The highest BCUT2D eigenvalue weighted by molar-refractivity contribution is 7.98. The summed E-state index contributed by atoms with van der Waals surface area (Å²) in [7, 11) is 0. The molecule has 2 rings (SSSR count). The Balaban J connectivity index is 1.96. The SMILES string of the molecule is CSCC[C@@H](NC(=O)c1ccccc1)C(=O)OCc1ccc(F)cc1. The first-order chi connectivity index (χ1) is 12.1. The van der Waals surface area contributed by atoms with E-state index in [1.54, 1.807) is 48.2 Å². The number of halogens is 1. The average molecular weight is 361 g/mol. The van der Waals surface area contributed by atoms with Crippen molar-refractivity contribution in [3.05, 3.63) is 71.5 Å². The van der Waals surface area contributed by atoms with Gasteiger partial charge in [-0.05, 0) is 48.3 Å². The minimum absolute atomic E-state index is 0.0378. The zero-order valence-electron chi connectivity index (χ0n) is 13.9. The third-order valence-electron chi connectivity index (χ3n) is 3.53. The topological polar surface area (TPSA) is 55.4 Å². The highest BCUT2D eigenvalue weighted by atomic mass is 32.2. The quantitative estimate of drug-likeness (QED) is 0.732. The molecule has 2 aromatic carbocycles. The molecule has 1 atom stereocenters. The first-order valence-electron chi connectivity index (χ1n) is 7.86. The lowest BCUT2D eigenvalue weighted by Gasteiger charge is -2.17. The van der Waals surface area contributed by atoms with Crippen molar-refractivity contribution in [3.63, 3.8) is 0 Å². The van der Waals surface area contributed by atoms with Crippen LogP contribution in [0.15, 0.2) is 54.6 Å². The van der Waals surface area contributed by atoms with E-state index in [1.165, 1.54) is 12.1 Å². The van der Waals surface area contributed by atoms with Crippen molar-refractivity contribution in [2.45, 2.75) is 19.1 Å². The van der Waals surface area contributed by atoms with Crippen molar-refractivity contribution in [1.82, 2.24) is 5.32 Å². The molecular formula is C19H20FNO3S. The molecule has 0 saturated heterocycles. The number of ether oxygens (including phenoxy) is 1. The molecule has 0 fully saturated rings. The standard InChI is InChI=1S/C19H20FNO3S/c1-25-12-11-17(21-18(22)15-5-3-2-4-6-15)19(23)24-13-14-7-9-16(20)10-8-14/h2-10,17H,11-13H2,1H3,(H,21,22)/t17-/m1/s1. The Morgan fingerprint density at radius 1 is 1.12 bits per heavy atom. The van der Waals surface area contributed by atoms with Gasteiger partial charge in [-0.25, -0.2) is 9.18 Å². The second-order valence-corrected chi connectivity index (χ2v) is 6.39. The summed E-state index contributed by atoms with van der Waals surface area (Å²) in [4.78, 5) is 24.6. The number of hydrogen-bond acceptors (Lipinski definition) is 4. The number of rotatable bonds is 8. The molecule has 25 heavy (non-hydrogen) atoms. The molecule has 0 saturated carbocycles. The third-order valence-corrected chi connectivity index (χ3v) is 4.17. The van der Waals surface area contributed by atoms with E-state index in [-0.39, 0.29) is 18.3 Å². The number of nitrogens with one attached hydrogen (secondary N) is 1. The van der Waals surface area contributed by atoms with Gasteiger partial charge in [-0.3, -0.25) is 4.79 Å². The van der Waals surface area contributed by atoms with Crippen LogP contribution in [-0.4, -0.2) is 29.9 Å². The van der Waals surface area contributed by atoms with Crippen LogP contribution in [0, 0.1) is 5.82 Å². The summed E-state index contributed by atoms with van der Waals surface area (Å²) in [6, 6.07) is 13.7. The van der Waals surface area contributed by atoms with E-state index in [0.717, 1.165) is 0 Å². The maximum absolute atomic E-state index is 12.9. The fourth-order valence-electron chi connectivity index (χ4n) is 2.15. The van der Waals surface area contributed by atoms with Crippen molar-refractivity contribution < 1.29 is 18.7 Å². The van der Waals surface area contributed by atoms with E-state index in [9.17, 15) is 14.0 Å². The third kappa shape index (κ3) is 6.23. The van der Waals surface area contributed by atoms with Gasteiger partial charge in [0.2, 0.25) is 0 Å². The van der Waals surface area contributed by atoms with Gasteiger partial charge in [0.15, 0.2) is 0 Å². The summed E-state index contributed by atoms with van der Waals surface area (Å²) in [5.41, 5.74) is 1.18. The second kappa shape index (κ2) is 9.84. The first kappa shape index (κ1) is 19.0. The smallest absolute Gasteiger partial charge is 0.329 e. The minimum Gasteiger partial charge on any atom is -0.459 e. The molecule has 1 amide bonds. The maximum Gasteiger partial charge on any atom is 0.329 e. The number of benzene rings is 2. The van der Waals surface area contributed by atoms with Crippen LogP contribution in [0.2, 0.25) is 0 Å². The van der Waals surface area contributed by atoms with Gasteiger partial charge in [0.25, 0.3) is 5.91 Å². The maximum atomic E-state index is 12.9. The van der Waals surface area contributed by atoms with E-state index in [2.05, 4.69) is 5.32 Å². The number of carbonyl (C=O) groups excluding carboxylic acids is 2. The Hall–Kier alpha value is -2.34. The predicted octanol–water partition coefficient (Wildman–Crippen LogP) is 3.42. The van der Waals surface area contributed by atoms with Crippen LogP contribution in [0.25, 0.3) is 0 Å². The highest BCUT2D eigenvalue weighted by Crippen LogP contribution is 2.09. The average Bonchev–Trinajstić information content (AvgIpc) is 2.65. The molecule has 0 aliphatic heterocycles. The lowest BCUT2D eigenvalue weighted by Crippen LogP contribution is -2.42. The molecule has 0 unspecified atom stereocenters. The van der Waals surface area contributed by atoms with E-state index in [1.807, 2.05) is 12.3 Å². The van der Waals surface area contributed by atoms with Crippen LogP contribution in [0.3, 0.4) is 0 Å². The molecule has 6 heteroatoms. The molecule has 4 nitrogen and oxygen atoms in total. The van der Waals surface area contributed by atoms with Crippen LogP contribution in [-0.2, 0) is 16.1 Å². The summed E-state index contributed by atoms with van der Waals surface area (Å²) < 4.78 is 18.2.